The summed E-state index contributed by atoms with van der Waals surface area (Å²) in [4.78, 5) is 12.5. The van der Waals surface area contributed by atoms with Crippen LogP contribution in [-0.2, 0) is 6.42 Å². The third-order valence-corrected chi connectivity index (χ3v) is 4.23. The Bertz CT molecular complexity index is 612. The molecule has 104 valence electrons. The zero-order valence-electron chi connectivity index (χ0n) is 12.1. The third kappa shape index (κ3) is 3.37. The lowest BCUT2D eigenvalue weighted by molar-refractivity contribution is 0.103. The highest BCUT2D eigenvalue weighted by atomic mass is 79.9. The van der Waals surface area contributed by atoms with Crippen molar-refractivity contribution in [2.75, 3.05) is 0 Å². The van der Waals surface area contributed by atoms with Crippen LogP contribution in [0.2, 0.25) is 0 Å². The maximum atomic E-state index is 12.5. The van der Waals surface area contributed by atoms with Gasteiger partial charge in [-0.05, 0) is 36.5 Å². The lowest BCUT2D eigenvalue weighted by Crippen LogP contribution is -2.04. The molecule has 2 aromatic rings. The predicted octanol–water partition coefficient (Wildman–Crippen LogP) is 5.19. The van der Waals surface area contributed by atoms with E-state index in [1.165, 1.54) is 5.56 Å². The van der Waals surface area contributed by atoms with Crippen LogP contribution in [0.5, 0.6) is 0 Å². The van der Waals surface area contributed by atoms with Crippen LogP contribution in [0.25, 0.3) is 0 Å². The summed E-state index contributed by atoms with van der Waals surface area (Å²) in [5, 5.41) is 0. The summed E-state index contributed by atoms with van der Waals surface area (Å²) in [6.45, 7) is 6.36. The van der Waals surface area contributed by atoms with Gasteiger partial charge in [0.2, 0.25) is 0 Å². The van der Waals surface area contributed by atoms with Crippen molar-refractivity contribution in [2.45, 2.75) is 27.2 Å². The second kappa shape index (κ2) is 6.36. The molecule has 0 amide bonds. The van der Waals surface area contributed by atoms with Crippen LogP contribution in [0.1, 0.15) is 40.9 Å². The van der Waals surface area contributed by atoms with E-state index in [4.69, 9.17) is 0 Å². The van der Waals surface area contributed by atoms with Gasteiger partial charge in [-0.3, -0.25) is 4.79 Å². The zero-order valence-corrected chi connectivity index (χ0v) is 13.7. The number of carbonyl (C=O) groups is 1. The summed E-state index contributed by atoms with van der Waals surface area (Å²) >= 11 is 3.47. The van der Waals surface area contributed by atoms with E-state index in [-0.39, 0.29) is 5.78 Å². The molecular formula is C18H19BrO. The lowest BCUT2D eigenvalue weighted by atomic mass is 9.96. The van der Waals surface area contributed by atoms with Gasteiger partial charge in [-0.25, -0.2) is 0 Å². The highest BCUT2D eigenvalue weighted by molar-refractivity contribution is 9.10. The van der Waals surface area contributed by atoms with Gasteiger partial charge in [-0.15, -0.1) is 0 Å². The molecule has 0 N–H and O–H groups in total. The lowest BCUT2D eigenvalue weighted by Gasteiger charge is -2.08. The van der Waals surface area contributed by atoms with Gasteiger partial charge in [0.15, 0.2) is 5.78 Å². The molecule has 0 radical (unpaired) electrons. The van der Waals surface area contributed by atoms with E-state index in [9.17, 15) is 4.79 Å². The Kier molecular flexibility index (Phi) is 4.77. The van der Waals surface area contributed by atoms with Gasteiger partial charge >= 0.3 is 0 Å². The van der Waals surface area contributed by atoms with Gasteiger partial charge in [0.1, 0.15) is 0 Å². The Labute approximate surface area is 129 Å². The van der Waals surface area contributed by atoms with E-state index in [1.54, 1.807) is 0 Å². The van der Waals surface area contributed by atoms with Gasteiger partial charge < -0.3 is 0 Å². The van der Waals surface area contributed by atoms with Crippen molar-refractivity contribution in [1.29, 1.82) is 0 Å². The van der Waals surface area contributed by atoms with Crippen LogP contribution in [0.15, 0.2) is 46.9 Å². The molecule has 0 atom stereocenters. The zero-order chi connectivity index (χ0) is 14.7. The smallest absolute Gasteiger partial charge is 0.193 e. The molecule has 0 fully saturated rings. The number of benzene rings is 2. The van der Waals surface area contributed by atoms with Crippen molar-refractivity contribution in [3.63, 3.8) is 0 Å². The number of carbonyl (C=O) groups excluding carboxylic acids is 1. The van der Waals surface area contributed by atoms with E-state index in [0.29, 0.717) is 5.92 Å². The molecule has 0 heterocycles. The summed E-state index contributed by atoms with van der Waals surface area (Å²) in [7, 11) is 0. The van der Waals surface area contributed by atoms with Crippen LogP contribution in [-0.4, -0.2) is 5.78 Å². The maximum Gasteiger partial charge on any atom is 0.193 e. The van der Waals surface area contributed by atoms with Crippen LogP contribution in [0, 0.1) is 12.8 Å². The molecule has 0 aliphatic carbocycles. The monoisotopic (exact) mass is 330 g/mol. The fourth-order valence-electron chi connectivity index (χ4n) is 2.27. The van der Waals surface area contributed by atoms with Crippen molar-refractivity contribution in [2.24, 2.45) is 5.92 Å². The molecule has 2 heteroatoms. The van der Waals surface area contributed by atoms with Crippen molar-refractivity contribution >= 4 is 21.7 Å². The van der Waals surface area contributed by atoms with Crippen molar-refractivity contribution in [3.05, 3.63) is 69.2 Å². The maximum absolute atomic E-state index is 12.5. The Morgan fingerprint density at radius 2 is 1.75 bits per heavy atom. The second-order valence-electron chi connectivity index (χ2n) is 5.54. The minimum absolute atomic E-state index is 0.0832. The summed E-state index contributed by atoms with van der Waals surface area (Å²) in [5.74, 6) is 0.712. The molecule has 20 heavy (non-hydrogen) atoms. The fraction of sp³-hybridized carbons (Fsp3) is 0.278. The SMILES string of the molecule is Cc1c(Br)cccc1C(=O)c1ccc(CC(C)C)cc1. The minimum Gasteiger partial charge on any atom is -0.289 e. The Morgan fingerprint density at radius 1 is 1.10 bits per heavy atom. The van der Waals surface area contributed by atoms with Crippen LogP contribution >= 0.6 is 15.9 Å². The molecular weight excluding hydrogens is 312 g/mol. The first kappa shape index (κ1) is 15.0. The van der Waals surface area contributed by atoms with Gasteiger partial charge in [-0.2, -0.15) is 0 Å². The van der Waals surface area contributed by atoms with Gasteiger partial charge in [0.25, 0.3) is 0 Å². The first-order valence-electron chi connectivity index (χ1n) is 6.87. The molecule has 1 nitrogen and oxygen atoms in total. The number of hydrogen-bond donors (Lipinski definition) is 0. The highest BCUT2D eigenvalue weighted by Crippen LogP contribution is 2.22. The predicted molar refractivity (Wildman–Crippen MR) is 87.3 cm³/mol. The molecule has 2 rings (SSSR count). The minimum atomic E-state index is 0.0832. The summed E-state index contributed by atoms with van der Waals surface area (Å²) in [6, 6.07) is 13.7. The number of halogens is 1. The van der Waals surface area contributed by atoms with E-state index in [0.717, 1.165) is 27.6 Å². The van der Waals surface area contributed by atoms with Crippen molar-refractivity contribution in [1.82, 2.24) is 0 Å². The van der Waals surface area contributed by atoms with Crippen LogP contribution in [0.4, 0.5) is 0 Å². The van der Waals surface area contributed by atoms with Crippen LogP contribution < -0.4 is 0 Å². The third-order valence-electron chi connectivity index (χ3n) is 3.37. The number of rotatable bonds is 4. The fourth-order valence-corrected chi connectivity index (χ4v) is 2.64. The van der Waals surface area contributed by atoms with Crippen LogP contribution in [0.3, 0.4) is 0 Å². The van der Waals surface area contributed by atoms with E-state index < -0.39 is 0 Å². The summed E-state index contributed by atoms with van der Waals surface area (Å²) in [5.41, 5.74) is 3.78. The summed E-state index contributed by atoms with van der Waals surface area (Å²) < 4.78 is 0.972. The average molecular weight is 331 g/mol. The summed E-state index contributed by atoms with van der Waals surface area (Å²) in [6.07, 6.45) is 1.05. The van der Waals surface area contributed by atoms with Gasteiger partial charge in [-0.1, -0.05) is 66.2 Å². The van der Waals surface area contributed by atoms with E-state index in [2.05, 4.69) is 41.9 Å². The first-order valence-corrected chi connectivity index (χ1v) is 7.67. The molecule has 0 aliphatic heterocycles. The van der Waals surface area contributed by atoms with Crippen molar-refractivity contribution < 1.29 is 4.79 Å². The average Bonchev–Trinajstić information content (AvgIpc) is 2.41. The Morgan fingerprint density at radius 3 is 2.35 bits per heavy atom. The molecule has 0 aromatic heterocycles. The van der Waals surface area contributed by atoms with E-state index >= 15 is 0 Å². The topological polar surface area (TPSA) is 17.1 Å². The Balaban J connectivity index is 2.27. The first-order chi connectivity index (χ1) is 9.49. The molecule has 0 saturated heterocycles. The number of hydrogen-bond acceptors (Lipinski definition) is 1. The molecule has 2 aromatic carbocycles. The highest BCUT2D eigenvalue weighted by Gasteiger charge is 2.13. The molecule has 0 spiro atoms. The normalized spacial score (nSPS) is 10.8. The largest absolute Gasteiger partial charge is 0.289 e. The molecule has 0 saturated carbocycles. The van der Waals surface area contributed by atoms with E-state index in [1.807, 2.05) is 37.3 Å². The number of ketones is 1. The molecule has 0 unspecified atom stereocenters. The van der Waals surface area contributed by atoms with Gasteiger partial charge in [0, 0.05) is 15.6 Å². The second-order valence-corrected chi connectivity index (χ2v) is 6.39. The Hall–Kier alpha value is -1.41. The van der Waals surface area contributed by atoms with Gasteiger partial charge in [0.05, 0.1) is 0 Å². The standard InChI is InChI=1S/C18H19BrO/c1-12(2)11-14-7-9-15(10-8-14)18(20)16-5-4-6-17(19)13(16)3/h4-10,12H,11H2,1-3H3. The quantitative estimate of drug-likeness (QED) is 0.705. The van der Waals surface area contributed by atoms with Crippen molar-refractivity contribution in [3.8, 4) is 0 Å². The molecule has 0 bridgehead atoms. The molecule has 0 aliphatic rings.